The Balaban J connectivity index is 2.08. The van der Waals surface area contributed by atoms with Crippen LogP contribution >= 0.6 is 0 Å². The number of Topliss-reactive ketones (excluding diaryl/α,β-unsaturated/α-hetero) is 1. The van der Waals surface area contributed by atoms with E-state index in [1.807, 2.05) is 0 Å². The molecule has 0 saturated carbocycles. The van der Waals surface area contributed by atoms with E-state index < -0.39 is 23.6 Å². The lowest BCUT2D eigenvalue weighted by Gasteiger charge is -2.16. The molecule has 2 aromatic rings. The predicted octanol–water partition coefficient (Wildman–Crippen LogP) is 3.57. The molecular formula is C17H15F2NO3. The Kier molecular flexibility index (Phi) is 5.05. The van der Waals surface area contributed by atoms with Gasteiger partial charge in [0, 0.05) is 11.6 Å². The van der Waals surface area contributed by atoms with Crippen LogP contribution in [0.25, 0.3) is 0 Å². The average Bonchev–Trinajstić information content (AvgIpc) is 2.51. The van der Waals surface area contributed by atoms with Crippen LogP contribution in [0.2, 0.25) is 0 Å². The Morgan fingerprint density at radius 1 is 1.09 bits per heavy atom. The smallest absolute Gasteiger partial charge is 0.265 e. The third-order valence-electron chi connectivity index (χ3n) is 3.14. The summed E-state index contributed by atoms with van der Waals surface area (Å²) in [6.45, 7) is 2.86. The SMILES string of the molecule is CC(=O)c1ccccc1NC(=O)C(C)Oc1ccc(F)c(F)c1. The van der Waals surface area contributed by atoms with Gasteiger partial charge in [0.15, 0.2) is 23.5 Å². The van der Waals surface area contributed by atoms with Gasteiger partial charge in [0.1, 0.15) is 5.75 Å². The molecule has 0 aliphatic carbocycles. The summed E-state index contributed by atoms with van der Waals surface area (Å²) in [5.74, 6) is -2.72. The number of anilines is 1. The summed E-state index contributed by atoms with van der Waals surface area (Å²) in [5.41, 5.74) is 0.742. The van der Waals surface area contributed by atoms with Gasteiger partial charge in [0.05, 0.1) is 5.69 Å². The molecule has 0 spiro atoms. The van der Waals surface area contributed by atoms with Crippen molar-refractivity contribution in [1.82, 2.24) is 0 Å². The lowest BCUT2D eigenvalue weighted by atomic mass is 10.1. The molecule has 0 saturated heterocycles. The number of hydrogen-bond donors (Lipinski definition) is 1. The van der Waals surface area contributed by atoms with Gasteiger partial charge in [0.2, 0.25) is 0 Å². The molecule has 0 aromatic heterocycles. The fourth-order valence-corrected chi connectivity index (χ4v) is 1.94. The predicted molar refractivity (Wildman–Crippen MR) is 81.5 cm³/mol. The highest BCUT2D eigenvalue weighted by Crippen LogP contribution is 2.19. The number of ketones is 1. The third-order valence-corrected chi connectivity index (χ3v) is 3.14. The van der Waals surface area contributed by atoms with Crippen LogP contribution in [-0.4, -0.2) is 17.8 Å². The van der Waals surface area contributed by atoms with Gasteiger partial charge in [-0.2, -0.15) is 0 Å². The fraction of sp³-hybridized carbons (Fsp3) is 0.176. The van der Waals surface area contributed by atoms with Crippen molar-refractivity contribution in [3.05, 3.63) is 59.7 Å². The van der Waals surface area contributed by atoms with E-state index >= 15 is 0 Å². The van der Waals surface area contributed by atoms with Crippen LogP contribution in [0, 0.1) is 11.6 Å². The first-order chi connectivity index (χ1) is 10.9. The minimum absolute atomic E-state index is 0.0337. The molecular weight excluding hydrogens is 304 g/mol. The van der Waals surface area contributed by atoms with Crippen LogP contribution in [0.15, 0.2) is 42.5 Å². The molecule has 0 fully saturated rings. The van der Waals surface area contributed by atoms with Crippen LogP contribution < -0.4 is 10.1 Å². The molecule has 0 radical (unpaired) electrons. The first-order valence-corrected chi connectivity index (χ1v) is 6.91. The summed E-state index contributed by atoms with van der Waals surface area (Å²) in [4.78, 5) is 23.6. The standard InChI is InChI=1S/C17H15F2NO3/c1-10(21)13-5-3-4-6-16(13)20-17(22)11(2)23-12-7-8-14(18)15(19)9-12/h3-9,11H,1-2H3,(H,20,22). The normalized spacial score (nSPS) is 11.7. The molecule has 1 N–H and O–H groups in total. The Morgan fingerprint density at radius 2 is 1.78 bits per heavy atom. The van der Waals surface area contributed by atoms with E-state index in [-0.39, 0.29) is 11.5 Å². The Morgan fingerprint density at radius 3 is 2.43 bits per heavy atom. The topological polar surface area (TPSA) is 55.4 Å². The number of benzene rings is 2. The fourth-order valence-electron chi connectivity index (χ4n) is 1.94. The van der Waals surface area contributed by atoms with Gasteiger partial charge in [-0.1, -0.05) is 12.1 Å². The molecule has 6 heteroatoms. The van der Waals surface area contributed by atoms with E-state index in [2.05, 4.69) is 5.32 Å². The number of hydrogen-bond acceptors (Lipinski definition) is 3. The summed E-state index contributed by atoms with van der Waals surface area (Å²) >= 11 is 0. The van der Waals surface area contributed by atoms with E-state index in [0.717, 1.165) is 12.1 Å². The summed E-state index contributed by atoms with van der Waals surface area (Å²) < 4.78 is 31.3. The molecule has 2 aromatic carbocycles. The number of amides is 1. The first-order valence-electron chi connectivity index (χ1n) is 6.91. The molecule has 23 heavy (non-hydrogen) atoms. The zero-order valence-electron chi connectivity index (χ0n) is 12.6. The van der Waals surface area contributed by atoms with Crippen molar-refractivity contribution in [2.24, 2.45) is 0 Å². The third kappa shape index (κ3) is 4.12. The van der Waals surface area contributed by atoms with Crippen molar-refractivity contribution in [1.29, 1.82) is 0 Å². The van der Waals surface area contributed by atoms with E-state index in [9.17, 15) is 18.4 Å². The molecule has 120 valence electrons. The minimum atomic E-state index is -1.06. The summed E-state index contributed by atoms with van der Waals surface area (Å²) in [6, 6.07) is 9.57. The van der Waals surface area contributed by atoms with Gasteiger partial charge in [-0.25, -0.2) is 8.78 Å². The van der Waals surface area contributed by atoms with E-state index in [0.29, 0.717) is 11.3 Å². The first kappa shape index (κ1) is 16.6. The number of nitrogens with one attached hydrogen (secondary N) is 1. The van der Waals surface area contributed by atoms with Crippen LogP contribution in [0.4, 0.5) is 14.5 Å². The maximum absolute atomic E-state index is 13.1. The Labute approximate surface area is 132 Å². The molecule has 0 bridgehead atoms. The molecule has 0 aliphatic heterocycles. The summed E-state index contributed by atoms with van der Waals surface area (Å²) in [5, 5.41) is 2.59. The molecule has 4 nitrogen and oxygen atoms in total. The van der Waals surface area contributed by atoms with E-state index in [1.165, 1.54) is 19.9 Å². The summed E-state index contributed by atoms with van der Waals surface area (Å²) in [7, 11) is 0. The highest BCUT2D eigenvalue weighted by molar-refractivity contribution is 6.04. The number of halogens is 2. The van der Waals surface area contributed by atoms with Crippen molar-refractivity contribution in [2.75, 3.05) is 5.32 Å². The number of rotatable bonds is 5. The summed E-state index contributed by atoms with van der Waals surface area (Å²) in [6.07, 6.45) is -0.958. The molecule has 1 unspecified atom stereocenters. The zero-order valence-corrected chi connectivity index (χ0v) is 12.6. The zero-order chi connectivity index (χ0) is 17.0. The highest BCUT2D eigenvalue weighted by atomic mass is 19.2. The van der Waals surface area contributed by atoms with Crippen LogP contribution in [-0.2, 0) is 4.79 Å². The molecule has 1 atom stereocenters. The van der Waals surface area contributed by atoms with Crippen LogP contribution in [0.3, 0.4) is 0 Å². The average molecular weight is 319 g/mol. The van der Waals surface area contributed by atoms with Crippen molar-refractivity contribution >= 4 is 17.4 Å². The molecule has 0 heterocycles. The van der Waals surface area contributed by atoms with Crippen molar-refractivity contribution in [3.63, 3.8) is 0 Å². The minimum Gasteiger partial charge on any atom is -0.481 e. The van der Waals surface area contributed by atoms with Gasteiger partial charge in [-0.15, -0.1) is 0 Å². The van der Waals surface area contributed by atoms with Gasteiger partial charge in [-0.05, 0) is 38.1 Å². The Bertz CT molecular complexity index is 746. The molecule has 1 amide bonds. The largest absolute Gasteiger partial charge is 0.481 e. The lowest BCUT2D eigenvalue weighted by molar-refractivity contribution is -0.122. The highest BCUT2D eigenvalue weighted by Gasteiger charge is 2.17. The lowest BCUT2D eigenvalue weighted by Crippen LogP contribution is -2.30. The van der Waals surface area contributed by atoms with Crippen molar-refractivity contribution in [2.45, 2.75) is 20.0 Å². The number of carbonyl (C=O) groups is 2. The van der Waals surface area contributed by atoms with E-state index in [1.54, 1.807) is 24.3 Å². The van der Waals surface area contributed by atoms with Crippen LogP contribution in [0.1, 0.15) is 24.2 Å². The quantitative estimate of drug-likeness (QED) is 0.857. The molecule has 0 aliphatic rings. The second kappa shape index (κ2) is 7.00. The van der Waals surface area contributed by atoms with Crippen molar-refractivity contribution in [3.8, 4) is 5.75 Å². The second-order valence-corrected chi connectivity index (χ2v) is 4.93. The maximum atomic E-state index is 13.1. The van der Waals surface area contributed by atoms with Gasteiger partial charge < -0.3 is 10.1 Å². The maximum Gasteiger partial charge on any atom is 0.265 e. The number of para-hydroxylation sites is 1. The molecule has 2 rings (SSSR count). The van der Waals surface area contributed by atoms with Gasteiger partial charge in [-0.3, -0.25) is 9.59 Å². The van der Waals surface area contributed by atoms with Crippen molar-refractivity contribution < 1.29 is 23.1 Å². The Hall–Kier alpha value is -2.76. The van der Waals surface area contributed by atoms with Gasteiger partial charge in [0.25, 0.3) is 5.91 Å². The van der Waals surface area contributed by atoms with Gasteiger partial charge >= 0.3 is 0 Å². The second-order valence-electron chi connectivity index (χ2n) is 4.93. The number of ether oxygens (including phenoxy) is 1. The van der Waals surface area contributed by atoms with E-state index in [4.69, 9.17) is 4.74 Å². The monoisotopic (exact) mass is 319 g/mol. The van der Waals surface area contributed by atoms with Crippen LogP contribution in [0.5, 0.6) is 5.75 Å². The number of carbonyl (C=O) groups excluding carboxylic acids is 2.